The molecule has 0 saturated carbocycles. The first kappa shape index (κ1) is 9.27. The summed E-state index contributed by atoms with van der Waals surface area (Å²) < 4.78 is 5.00. The fourth-order valence-electron chi connectivity index (χ4n) is 1.00. The highest BCUT2D eigenvalue weighted by atomic mass is 16.5. The molecule has 0 fully saturated rings. The highest BCUT2D eigenvalue weighted by Crippen LogP contribution is 2.08. The smallest absolute Gasteiger partial charge is 0.214 e. The zero-order chi connectivity index (χ0) is 9.68. The molecule has 3 nitrogen and oxygen atoms in total. The number of nitrogens with one attached hydrogen (secondary N) is 1. The molecule has 1 N–H and O–H groups in total. The van der Waals surface area contributed by atoms with E-state index in [1.54, 1.807) is 24.3 Å². The molecule has 1 aromatic carbocycles. The molecule has 13 heavy (non-hydrogen) atoms. The molecular weight excluding hydrogens is 164 g/mol. The molecule has 0 bridgehead atoms. The summed E-state index contributed by atoms with van der Waals surface area (Å²) in [6, 6.07) is 8.94. The third-order valence-electron chi connectivity index (χ3n) is 1.58. The van der Waals surface area contributed by atoms with Crippen LogP contribution < -0.4 is 0 Å². The molecule has 0 radical (unpaired) electrons. The van der Waals surface area contributed by atoms with Crippen molar-refractivity contribution < 1.29 is 4.74 Å². The minimum Gasteiger partial charge on any atom is -0.478 e. The average molecular weight is 174 g/mol. The molecule has 0 atom stereocenters. The molecule has 0 spiro atoms. The van der Waals surface area contributed by atoms with Gasteiger partial charge in [-0.1, -0.05) is 12.1 Å². The first-order chi connectivity index (χ1) is 6.29. The minimum atomic E-state index is 0.0552. The molecule has 0 amide bonds. The lowest BCUT2D eigenvalue weighted by Gasteiger charge is -2.05. The van der Waals surface area contributed by atoms with E-state index in [1.807, 2.05) is 13.0 Å². The zero-order valence-corrected chi connectivity index (χ0v) is 7.37. The van der Waals surface area contributed by atoms with E-state index in [1.165, 1.54) is 0 Å². The summed E-state index contributed by atoms with van der Waals surface area (Å²) >= 11 is 0. The van der Waals surface area contributed by atoms with Crippen LogP contribution >= 0.6 is 0 Å². The van der Waals surface area contributed by atoms with Gasteiger partial charge in [0.15, 0.2) is 0 Å². The van der Waals surface area contributed by atoms with Crippen LogP contribution in [0.4, 0.5) is 0 Å². The van der Waals surface area contributed by atoms with E-state index in [2.05, 4.69) is 0 Å². The van der Waals surface area contributed by atoms with Gasteiger partial charge in [-0.05, 0) is 19.1 Å². The van der Waals surface area contributed by atoms with Gasteiger partial charge in [0, 0.05) is 0 Å². The van der Waals surface area contributed by atoms with Gasteiger partial charge in [0.2, 0.25) is 5.90 Å². The predicted molar refractivity (Wildman–Crippen MR) is 49.6 cm³/mol. The number of nitrogens with zero attached hydrogens (tertiary/aromatic N) is 1. The second-order valence-corrected chi connectivity index (χ2v) is 2.42. The summed E-state index contributed by atoms with van der Waals surface area (Å²) in [5.74, 6) is 0.0552. The van der Waals surface area contributed by atoms with Crippen LogP contribution in [0, 0.1) is 16.7 Å². The lowest BCUT2D eigenvalue weighted by atomic mass is 10.1. The van der Waals surface area contributed by atoms with Crippen molar-refractivity contribution in [2.45, 2.75) is 6.92 Å². The van der Waals surface area contributed by atoms with Crippen molar-refractivity contribution in [3.8, 4) is 6.07 Å². The van der Waals surface area contributed by atoms with Gasteiger partial charge in [-0.25, -0.2) is 0 Å². The Bertz CT molecular complexity index is 352. The van der Waals surface area contributed by atoms with Crippen LogP contribution in [0.25, 0.3) is 0 Å². The quantitative estimate of drug-likeness (QED) is 0.550. The monoisotopic (exact) mass is 174 g/mol. The number of hydrogen-bond donors (Lipinski definition) is 1. The number of benzene rings is 1. The van der Waals surface area contributed by atoms with Crippen molar-refractivity contribution in [2.75, 3.05) is 6.61 Å². The van der Waals surface area contributed by atoms with Gasteiger partial charge in [-0.2, -0.15) is 5.26 Å². The van der Waals surface area contributed by atoms with Crippen molar-refractivity contribution in [3.63, 3.8) is 0 Å². The third kappa shape index (κ3) is 2.06. The molecule has 0 aliphatic heterocycles. The first-order valence-corrected chi connectivity index (χ1v) is 4.00. The summed E-state index contributed by atoms with van der Waals surface area (Å²) in [5.41, 5.74) is 1.02. The second-order valence-electron chi connectivity index (χ2n) is 2.42. The van der Waals surface area contributed by atoms with Gasteiger partial charge < -0.3 is 4.74 Å². The number of hydrogen-bond acceptors (Lipinski definition) is 3. The standard InChI is InChI=1S/C10H10N2O/c1-2-13-10(12)9-6-4-3-5-8(9)7-11/h3-6,12H,2H2,1H3. The molecule has 0 aromatic heterocycles. The van der Waals surface area contributed by atoms with Crippen molar-refractivity contribution in [1.82, 2.24) is 0 Å². The largest absolute Gasteiger partial charge is 0.478 e. The lowest BCUT2D eigenvalue weighted by Crippen LogP contribution is -2.06. The van der Waals surface area contributed by atoms with Gasteiger partial charge in [-0.3, -0.25) is 5.41 Å². The van der Waals surface area contributed by atoms with Crippen LogP contribution in [-0.2, 0) is 4.74 Å². The van der Waals surface area contributed by atoms with Gasteiger partial charge in [0.1, 0.15) is 0 Å². The topological polar surface area (TPSA) is 56.9 Å². The number of ether oxygens (including phenoxy) is 1. The molecule has 3 heteroatoms. The van der Waals surface area contributed by atoms with Crippen LogP contribution in [0.1, 0.15) is 18.1 Å². The van der Waals surface area contributed by atoms with Gasteiger partial charge >= 0.3 is 0 Å². The van der Waals surface area contributed by atoms with E-state index in [4.69, 9.17) is 15.4 Å². The van der Waals surface area contributed by atoms with Crippen molar-refractivity contribution in [2.24, 2.45) is 0 Å². The molecule has 0 aliphatic carbocycles. The molecular formula is C10H10N2O. The van der Waals surface area contributed by atoms with Crippen molar-refractivity contribution in [1.29, 1.82) is 10.7 Å². The SMILES string of the molecule is CCOC(=N)c1ccccc1C#N. The zero-order valence-electron chi connectivity index (χ0n) is 7.37. The summed E-state index contributed by atoms with van der Waals surface area (Å²) in [6.07, 6.45) is 0. The Morgan fingerprint density at radius 1 is 1.54 bits per heavy atom. The fourth-order valence-corrected chi connectivity index (χ4v) is 1.00. The Balaban J connectivity index is 3.01. The van der Waals surface area contributed by atoms with E-state index < -0.39 is 0 Å². The first-order valence-electron chi connectivity index (χ1n) is 4.00. The molecule has 0 heterocycles. The molecule has 66 valence electrons. The summed E-state index contributed by atoms with van der Waals surface area (Å²) in [4.78, 5) is 0. The van der Waals surface area contributed by atoms with Crippen LogP contribution in [0.15, 0.2) is 24.3 Å². The molecule has 0 unspecified atom stereocenters. The predicted octanol–water partition coefficient (Wildman–Crippen LogP) is 1.92. The van der Waals surface area contributed by atoms with Crippen molar-refractivity contribution >= 4 is 5.90 Å². The van der Waals surface area contributed by atoms with E-state index in [9.17, 15) is 0 Å². The average Bonchev–Trinajstić information content (AvgIpc) is 2.18. The fraction of sp³-hybridized carbons (Fsp3) is 0.200. The van der Waals surface area contributed by atoms with E-state index in [-0.39, 0.29) is 5.90 Å². The maximum Gasteiger partial charge on any atom is 0.214 e. The van der Waals surface area contributed by atoms with Crippen LogP contribution in [-0.4, -0.2) is 12.5 Å². The summed E-state index contributed by atoms with van der Waals surface area (Å²) in [6.45, 7) is 2.25. The highest BCUT2D eigenvalue weighted by molar-refractivity contribution is 5.94. The van der Waals surface area contributed by atoms with Gasteiger partial charge in [0.05, 0.1) is 23.8 Å². The Morgan fingerprint density at radius 2 is 2.23 bits per heavy atom. The molecule has 1 aromatic rings. The number of rotatable bonds is 2. The van der Waals surface area contributed by atoms with Gasteiger partial charge in [-0.15, -0.1) is 0 Å². The minimum absolute atomic E-state index is 0.0552. The maximum atomic E-state index is 8.73. The molecule has 0 aliphatic rings. The summed E-state index contributed by atoms with van der Waals surface area (Å²) in [5, 5.41) is 16.2. The van der Waals surface area contributed by atoms with E-state index in [0.29, 0.717) is 17.7 Å². The Hall–Kier alpha value is -1.82. The maximum absolute atomic E-state index is 8.73. The van der Waals surface area contributed by atoms with Gasteiger partial charge in [0.25, 0.3) is 0 Å². The van der Waals surface area contributed by atoms with E-state index >= 15 is 0 Å². The number of nitriles is 1. The third-order valence-corrected chi connectivity index (χ3v) is 1.58. The lowest BCUT2D eigenvalue weighted by molar-refractivity contribution is 0.325. The van der Waals surface area contributed by atoms with Crippen LogP contribution in [0.3, 0.4) is 0 Å². The molecule has 0 saturated heterocycles. The Kier molecular flexibility index (Phi) is 3.04. The highest BCUT2D eigenvalue weighted by Gasteiger charge is 2.06. The van der Waals surface area contributed by atoms with Crippen LogP contribution in [0.2, 0.25) is 0 Å². The van der Waals surface area contributed by atoms with Crippen molar-refractivity contribution in [3.05, 3.63) is 35.4 Å². The van der Waals surface area contributed by atoms with Crippen LogP contribution in [0.5, 0.6) is 0 Å². The normalized spacial score (nSPS) is 8.92. The summed E-state index contributed by atoms with van der Waals surface area (Å²) in [7, 11) is 0. The second kappa shape index (κ2) is 4.27. The molecule has 1 rings (SSSR count). The Morgan fingerprint density at radius 3 is 2.85 bits per heavy atom. The Labute approximate surface area is 77.1 Å². The van der Waals surface area contributed by atoms with E-state index in [0.717, 1.165) is 0 Å².